The maximum Gasteiger partial charge on any atom is 0.469 e. The van der Waals surface area contributed by atoms with Crippen LogP contribution in [0.15, 0.2) is 0 Å². The van der Waals surface area contributed by atoms with Crippen LogP contribution < -0.4 is 16.0 Å². The van der Waals surface area contributed by atoms with Crippen LogP contribution in [0, 0.1) is 0 Å². The van der Waals surface area contributed by atoms with Crippen molar-refractivity contribution in [3.05, 3.63) is 0 Å². The second-order valence-corrected chi connectivity index (χ2v) is 19.3. The zero-order chi connectivity index (χ0) is 47.5. The third kappa shape index (κ3) is 41.3. The predicted octanol–water partition coefficient (Wildman–Crippen LogP) is 10.2. The second kappa shape index (κ2) is 43.5. The number of esters is 1. The Morgan fingerprint density at radius 3 is 1.48 bits per heavy atom. The van der Waals surface area contributed by atoms with E-state index in [0.29, 0.717) is 19.3 Å². The molecule has 2 unspecified atom stereocenters. The van der Waals surface area contributed by atoms with E-state index in [2.05, 4.69) is 36.7 Å². The number of carbonyl (C=O) groups excluding carboxylic acids is 4. The van der Waals surface area contributed by atoms with E-state index in [1.807, 2.05) is 0 Å². The molecule has 0 aromatic heterocycles. The van der Waals surface area contributed by atoms with Crippen molar-refractivity contribution < 1.29 is 53.0 Å². The average molecular weight is 934 g/mol. The van der Waals surface area contributed by atoms with Gasteiger partial charge in [-0.15, -0.1) is 0 Å². The minimum Gasteiger partial charge on any atom is -0.462 e. The lowest BCUT2D eigenvalue weighted by Crippen LogP contribution is -2.48. The van der Waals surface area contributed by atoms with Crippen molar-refractivity contribution in [2.45, 2.75) is 270 Å². The Hall–Kier alpha value is -2.09. The van der Waals surface area contributed by atoms with Gasteiger partial charge in [0.15, 0.2) is 0 Å². The molecule has 0 heterocycles. The van der Waals surface area contributed by atoms with E-state index in [0.717, 1.165) is 70.6 Å². The fourth-order valence-electron chi connectivity index (χ4n) is 7.93. The molecule has 0 aromatic carbocycles. The quantitative estimate of drug-likeness (QED) is 0.0173. The summed E-state index contributed by atoms with van der Waals surface area (Å²) in [5.74, 6) is -1.77. The van der Waals surface area contributed by atoms with Crippen molar-refractivity contribution >= 4 is 31.5 Å². The predicted molar refractivity (Wildman–Crippen MR) is 256 cm³/mol. The molecule has 15 heteroatoms. The molecule has 0 spiro atoms. The summed E-state index contributed by atoms with van der Waals surface area (Å²) in [6.07, 6.45) is 30.7. The number of phosphoric acid groups is 1. The molecule has 0 radical (unpaired) electrons. The molecule has 0 rings (SSSR count). The van der Waals surface area contributed by atoms with Gasteiger partial charge in [0.2, 0.25) is 17.7 Å². The lowest BCUT2D eigenvalue weighted by atomic mass is 10.0. The van der Waals surface area contributed by atoms with Gasteiger partial charge in [0.25, 0.3) is 0 Å². The zero-order valence-corrected chi connectivity index (χ0v) is 41.7. The minimum atomic E-state index is -4.85. The molecule has 3 amide bonds. The molecule has 0 saturated carbocycles. The standard InChI is InChI=1S/C49H96N3O11P/c1-4-7-10-13-16-19-22-25-28-33-43(54)39-46(55)52-45(36-38-53)49(58)50-37-31-32-42(41-62-64(59,60)61)51-47(56)40-44(34-29-26-23-20-17-14-11-8-5-2)63-48(57)35-30-27-24-21-18-15-12-9-6-3/h42-45,53-54H,4-41H2,1-3H3,(H,50,58)(H,51,56)(H,52,55)(H2,59,60,61)/t42?,43-,44-,45?/m1/s1. The number of unbranched alkanes of at least 4 members (excludes halogenated alkanes) is 24. The van der Waals surface area contributed by atoms with Crippen molar-refractivity contribution in [1.82, 2.24) is 16.0 Å². The molecule has 0 aliphatic heterocycles. The van der Waals surface area contributed by atoms with Crippen molar-refractivity contribution in [3.8, 4) is 0 Å². The first-order chi connectivity index (χ1) is 30.8. The summed E-state index contributed by atoms with van der Waals surface area (Å²) < 4.78 is 22.2. The first kappa shape index (κ1) is 61.9. The van der Waals surface area contributed by atoms with Crippen LogP contribution in [0.2, 0.25) is 0 Å². The third-order valence-electron chi connectivity index (χ3n) is 11.8. The van der Waals surface area contributed by atoms with Crippen LogP contribution in [-0.4, -0.2) is 87.7 Å². The van der Waals surface area contributed by atoms with Gasteiger partial charge in [0.05, 0.1) is 31.6 Å². The largest absolute Gasteiger partial charge is 0.469 e. The van der Waals surface area contributed by atoms with Crippen molar-refractivity contribution in [1.29, 1.82) is 0 Å². The molecule has 14 nitrogen and oxygen atoms in total. The smallest absolute Gasteiger partial charge is 0.462 e. The number of hydrogen-bond acceptors (Lipinski definition) is 9. The molecule has 4 atom stereocenters. The van der Waals surface area contributed by atoms with Crippen LogP contribution in [0.25, 0.3) is 0 Å². The summed E-state index contributed by atoms with van der Waals surface area (Å²) in [7, 11) is -4.85. The van der Waals surface area contributed by atoms with E-state index in [1.54, 1.807) is 0 Å². The molecule has 0 aromatic rings. The van der Waals surface area contributed by atoms with Gasteiger partial charge < -0.3 is 40.7 Å². The highest BCUT2D eigenvalue weighted by Gasteiger charge is 2.25. The first-order valence-corrected chi connectivity index (χ1v) is 27.4. The fourth-order valence-corrected chi connectivity index (χ4v) is 8.30. The number of carbonyl (C=O) groups is 4. The van der Waals surface area contributed by atoms with Gasteiger partial charge in [0, 0.05) is 19.6 Å². The van der Waals surface area contributed by atoms with Crippen molar-refractivity contribution in [2.75, 3.05) is 19.8 Å². The van der Waals surface area contributed by atoms with E-state index >= 15 is 0 Å². The van der Waals surface area contributed by atoms with Crippen LogP contribution in [0.4, 0.5) is 0 Å². The van der Waals surface area contributed by atoms with Crippen LogP contribution in [0.1, 0.15) is 245 Å². The lowest BCUT2D eigenvalue weighted by molar-refractivity contribution is -0.151. The molecule has 0 bridgehead atoms. The number of phosphoric ester groups is 1. The molecule has 7 N–H and O–H groups in total. The summed E-state index contributed by atoms with van der Waals surface area (Å²) in [5, 5.41) is 28.1. The van der Waals surface area contributed by atoms with Gasteiger partial charge in [-0.25, -0.2) is 4.57 Å². The number of amides is 3. The van der Waals surface area contributed by atoms with Crippen LogP contribution in [-0.2, 0) is 33.0 Å². The second-order valence-electron chi connectivity index (χ2n) is 18.1. The van der Waals surface area contributed by atoms with E-state index in [-0.39, 0.29) is 51.2 Å². The monoisotopic (exact) mass is 934 g/mol. The van der Waals surface area contributed by atoms with Gasteiger partial charge in [-0.2, -0.15) is 0 Å². The average Bonchev–Trinajstić information content (AvgIpc) is 3.24. The topological polar surface area (TPSA) is 221 Å². The van der Waals surface area contributed by atoms with E-state index < -0.39 is 56.4 Å². The Balaban J connectivity index is 5.11. The van der Waals surface area contributed by atoms with Gasteiger partial charge >= 0.3 is 13.8 Å². The first-order valence-electron chi connectivity index (χ1n) is 25.9. The van der Waals surface area contributed by atoms with Crippen LogP contribution >= 0.6 is 7.82 Å². The minimum absolute atomic E-state index is 0.0231. The Bertz CT molecular complexity index is 1190. The number of ether oxygens (including phenoxy) is 1. The highest BCUT2D eigenvalue weighted by molar-refractivity contribution is 7.46. The maximum atomic E-state index is 13.4. The van der Waals surface area contributed by atoms with Gasteiger partial charge in [0.1, 0.15) is 12.1 Å². The summed E-state index contributed by atoms with van der Waals surface area (Å²) in [6.45, 7) is 5.90. The Morgan fingerprint density at radius 1 is 0.547 bits per heavy atom. The highest BCUT2D eigenvalue weighted by atomic mass is 31.2. The molecule has 378 valence electrons. The Kier molecular flexibility index (Phi) is 42.1. The maximum absolute atomic E-state index is 13.4. The lowest BCUT2D eigenvalue weighted by Gasteiger charge is -2.22. The van der Waals surface area contributed by atoms with Crippen molar-refractivity contribution in [2.24, 2.45) is 0 Å². The molecular weight excluding hydrogens is 838 g/mol. The van der Waals surface area contributed by atoms with E-state index in [1.165, 1.54) is 103 Å². The number of nitrogens with one attached hydrogen (secondary N) is 3. The molecule has 0 aliphatic carbocycles. The third-order valence-corrected chi connectivity index (χ3v) is 12.3. The number of aliphatic hydroxyl groups is 2. The van der Waals surface area contributed by atoms with Crippen LogP contribution in [0.3, 0.4) is 0 Å². The molecule has 0 saturated heterocycles. The SMILES string of the molecule is CCCCCCCCCCCC(=O)O[C@H](CCCCCCCCCCC)CC(=O)NC(CCCNC(=O)C(CCO)NC(=O)C[C@H](O)CCCCCCCCCCC)COP(=O)(O)O. The zero-order valence-electron chi connectivity index (χ0n) is 40.8. The van der Waals surface area contributed by atoms with Crippen LogP contribution in [0.5, 0.6) is 0 Å². The fraction of sp³-hybridized carbons (Fsp3) is 0.918. The number of aliphatic hydroxyl groups excluding tert-OH is 2. The molecule has 0 aliphatic rings. The molecular formula is C49H96N3O11P. The Labute approximate surface area is 389 Å². The summed E-state index contributed by atoms with van der Waals surface area (Å²) >= 11 is 0. The molecule has 64 heavy (non-hydrogen) atoms. The normalized spacial score (nSPS) is 13.5. The van der Waals surface area contributed by atoms with Gasteiger partial charge in [-0.1, -0.05) is 181 Å². The van der Waals surface area contributed by atoms with E-state index in [9.17, 15) is 43.7 Å². The van der Waals surface area contributed by atoms with Gasteiger partial charge in [-0.05, 0) is 44.9 Å². The summed E-state index contributed by atoms with van der Waals surface area (Å²) in [6, 6.07) is -1.83. The highest BCUT2D eigenvalue weighted by Crippen LogP contribution is 2.36. The number of rotatable bonds is 47. The van der Waals surface area contributed by atoms with Gasteiger partial charge in [-0.3, -0.25) is 23.7 Å². The number of hydrogen-bond donors (Lipinski definition) is 7. The summed E-state index contributed by atoms with van der Waals surface area (Å²) in [5.41, 5.74) is 0. The molecule has 0 fully saturated rings. The van der Waals surface area contributed by atoms with E-state index in [4.69, 9.17) is 9.26 Å². The Morgan fingerprint density at radius 2 is 1.00 bits per heavy atom. The summed E-state index contributed by atoms with van der Waals surface area (Å²) in [4.78, 5) is 70.8. The van der Waals surface area contributed by atoms with Crippen molar-refractivity contribution in [3.63, 3.8) is 0 Å².